The Labute approximate surface area is 158 Å². The zero-order valence-corrected chi connectivity index (χ0v) is 14.7. The summed E-state index contributed by atoms with van der Waals surface area (Å²) in [7, 11) is 0. The van der Waals surface area contributed by atoms with Crippen molar-refractivity contribution in [2.45, 2.75) is 25.1 Å². The summed E-state index contributed by atoms with van der Waals surface area (Å²) in [5.74, 6) is 0.0335. The molecule has 0 aliphatic heterocycles. The SMILES string of the molecule is O=C(Nc1cc(Cl)ccc1OCC(F)(F)F)NC1CCc2c(O)cccc21. The molecule has 0 spiro atoms. The zero-order valence-electron chi connectivity index (χ0n) is 13.9. The summed E-state index contributed by atoms with van der Waals surface area (Å²) in [6.07, 6.45) is -3.29. The molecule has 144 valence electrons. The van der Waals surface area contributed by atoms with Gasteiger partial charge in [0.05, 0.1) is 11.7 Å². The van der Waals surface area contributed by atoms with Crippen molar-refractivity contribution in [2.24, 2.45) is 0 Å². The lowest BCUT2D eigenvalue weighted by atomic mass is 10.1. The Hall–Kier alpha value is -2.61. The van der Waals surface area contributed by atoms with Crippen LogP contribution in [0.25, 0.3) is 0 Å². The topological polar surface area (TPSA) is 70.6 Å². The molecular weight excluding hydrogens is 385 g/mol. The third-order valence-electron chi connectivity index (χ3n) is 4.13. The van der Waals surface area contributed by atoms with Gasteiger partial charge in [-0.2, -0.15) is 13.2 Å². The molecule has 1 aliphatic carbocycles. The quantitative estimate of drug-likeness (QED) is 0.690. The molecule has 2 aromatic rings. The molecule has 2 amide bonds. The van der Waals surface area contributed by atoms with E-state index in [-0.39, 0.29) is 28.3 Å². The lowest BCUT2D eigenvalue weighted by Crippen LogP contribution is -2.31. The number of anilines is 1. The van der Waals surface area contributed by atoms with Crippen LogP contribution in [0.4, 0.5) is 23.7 Å². The third-order valence-corrected chi connectivity index (χ3v) is 4.37. The molecule has 0 saturated carbocycles. The molecule has 1 aliphatic rings. The first-order chi connectivity index (χ1) is 12.7. The highest BCUT2D eigenvalue weighted by Crippen LogP contribution is 2.36. The van der Waals surface area contributed by atoms with Gasteiger partial charge in [-0.25, -0.2) is 4.79 Å². The fourth-order valence-corrected chi connectivity index (χ4v) is 3.16. The summed E-state index contributed by atoms with van der Waals surface area (Å²) in [5.41, 5.74) is 1.61. The van der Waals surface area contributed by atoms with Crippen LogP contribution in [0.3, 0.4) is 0 Å². The Morgan fingerprint density at radius 1 is 1.30 bits per heavy atom. The smallest absolute Gasteiger partial charge is 0.422 e. The van der Waals surface area contributed by atoms with E-state index in [1.807, 2.05) is 6.07 Å². The first kappa shape index (κ1) is 19.2. The molecule has 0 bridgehead atoms. The maximum atomic E-state index is 12.4. The average Bonchev–Trinajstić information content (AvgIpc) is 2.97. The molecule has 9 heteroatoms. The molecule has 1 unspecified atom stereocenters. The number of carbonyl (C=O) groups excluding carboxylic acids is 1. The van der Waals surface area contributed by atoms with Crippen molar-refractivity contribution < 1.29 is 27.8 Å². The molecule has 0 heterocycles. The number of urea groups is 1. The van der Waals surface area contributed by atoms with Crippen molar-refractivity contribution in [2.75, 3.05) is 11.9 Å². The summed E-state index contributed by atoms with van der Waals surface area (Å²) in [5, 5.41) is 15.3. The van der Waals surface area contributed by atoms with E-state index in [0.29, 0.717) is 12.8 Å². The first-order valence-corrected chi connectivity index (χ1v) is 8.48. The fraction of sp³-hybridized carbons (Fsp3) is 0.278. The van der Waals surface area contributed by atoms with Gasteiger partial charge in [-0.3, -0.25) is 0 Å². The molecule has 5 nitrogen and oxygen atoms in total. The highest BCUT2D eigenvalue weighted by molar-refractivity contribution is 6.31. The van der Waals surface area contributed by atoms with Gasteiger partial charge in [0.1, 0.15) is 11.5 Å². The predicted molar refractivity (Wildman–Crippen MR) is 94.3 cm³/mol. The normalized spacial score (nSPS) is 15.9. The number of halogens is 4. The van der Waals surface area contributed by atoms with Crippen LogP contribution in [0.2, 0.25) is 5.02 Å². The van der Waals surface area contributed by atoms with Crippen LogP contribution in [0, 0.1) is 0 Å². The number of alkyl halides is 3. The van der Waals surface area contributed by atoms with Crippen molar-refractivity contribution in [3.63, 3.8) is 0 Å². The van der Waals surface area contributed by atoms with Crippen molar-refractivity contribution in [3.05, 3.63) is 52.5 Å². The standard InChI is InChI=1S/C18H16ClF3N2O3/c19-10-4-7-16(27-9-18(20,21)22)14(8-10)24-17(26)23-13-6-5-12-11(13)2-1-3-15(12)25/h1-4,7-8,13,25H,5-6,9H2,(H2,23,24,26). The molecule has 0 radical (unpaired) electrons. The summed E-state index contributed by atoms with van der Waals surface area (Å²) in [6, 6.07) is 8.08. The summed E-state index contributed by atoms with van der Waals surface area (Å²) in [4.78, 5) is 12.3. The van der Waals surface area contributed by atoms with Gasteiger partial charge in [0.25, 0.3) is 0 Å². The van der Waals surface area contributed by atoms with Gasteiger partial charge in [0, 0.05) is 5.02 Å². The maximum absolute atomic E-state index is 12.4. The maximum Gasteiger partial charge on any atom is 0.422 e. The van der Waals surface area contributed by atoms with Crippen LogP contribution in [-0.4, -0.2) is 23.9 Å². The van der Waals surface area contributed by atoms with E-state index < -0.39 is 18.8 Å². The number of fused-ring (bicyclic) bond motifs is 1. The second kappa shape index (κ2) is 7.56. The van der Waals surface area contributed by atoms with Gasteiger partial charge < -0.3 is 20.5 Å². The van der Waals surface area contributed by atoms with Crippen molar-refractivity contribution in [1.29, 1.82) is 0 Å². The molecule has 2 aromatic carbocycles. The molecule has 3 N–H and O–H groups in total. The second-order valence-corrected chi connectivity index (χ2v) is 6.52. The Morgan fingerprint density at radius 2 is 2.07 bits per heavy atom. The number of aromatic hydroxyl groups is 1. The minimum Gasteiger partial charge on any atom is -0.508 e. The lowest BCUT2D eigenvalue weighted by Gasteiger charge is -2.17. The van der Waals surface area contributed by atoms with E-state index >= 15 is 0 Å². The summed E-state index contributed by atoms with van der Waals surface area (Å²) >= 11 is 5.87. The third kappa shape index (κ3) is 4.77. The van der Waals surface area contributed by atoms with Gasteiger partial charge >= 0.3 is 12.2 Å². The van der Waals surface area contributed by atoms with Crippen LogP contribution < -0.4 is 15.4 Å². The highest BCUT2D eigenvalue weighted by atomic mass is 35.5. The Kier molecular flexibility index (Phi) is 5.36. The molecule has 3 rings (SSSR count). The minimum absolute atomic E-state index is 0.0263. The number of benzene rings is 2. The number of hydrogen-bond donors (Lipinski definition) is 3. The number of amides is 2. The summed E-state index contributed by atoms with van der Waals surface area (Å²) in [6.45, 7) is -1.49. The number of ether oxygens (including phenoxy) is 1. The van der Waals surface area contributed by atoms with Crippen LogP contribution >= 0.6 is 11.6 Å². The average molecular weight is 401 g/mol. The summed E-state index contributed by atoms with van der Waals surface area (Å²) < 4.78 is 41.9. The van der Waals surface area contributed by atoms with E-state index in [9.17, 15) is 23.1 Å². The van der Waals surface area contributed by atoms with E-state index in [0.717, 1.165) is 11.1 Å². The van der Waals surface area contributed by atoms with E-state index in [1.165, 1.54) is 18.2 Å². The van der Waals surface area contributed by atoms with E-state index in [2.05, 4.69) is 10.6 Å². The van der Waals surface area contributed by atoms with Crippen LogP contribution in [0.15, 0.2) is 36.4 Å². The van der Waals surface area contributed by atoms with Gasteiger partial charge in [-0.05, 0) is 48.2 Å². The van der Waals surface area contributed by atoms with Gasteiger partial charge in [0.2, 0.25) is 0 Å². The molecule has 0 aromatic heterocycles. The van der Waals surface area contributed by atoms with Gasteiger partial charge in [0.15, 0.2) is 6.61 Å². The Balaban J connectivity index is 1.70. The van der Waals surface area contributed by atoms with Crippen LogP contribution in [-0.2, 0) is 6.42 Å². The van der Waals surface area contributed by atoms with Crippen LogP contribution in [0.5, 0.6) is 11.5 Å². The van der Waals surface area contributed by atoms with E-state index in [4.69, 9.17) is 16.3 Å². The molecular formula is C18H16ClF3N2O3. The predicted octanol–water partition coefficient (Wildman–Crippen LogP) is 4.80. The van der Waals surface area contributed by atoms with Gasteiger partial charge in [-0.1, -0.05) is 23.7 Å². The van der Waals surface area contributed by atoms with Crippen molar-refractivity contribution in [1.82, 2.24) is 5.32 Å². The number of rotatable bonds is 4. The van der Waals surface area contributed by atoms with Gasteiger partial charge in [-0.15, -0.1) is 0 Å². The fourth-order valence-electron chi connectivity index (χ4n) is 2.99. The number of nitrogens with one attached hydrogen (secondary N) is 2. The molecule has 0 saturated heterocycles. The number of carbonyl (C=O) groups is 1. The zero-order chi connectivity index (χ0) is 19.6. The Morgan fingerprint density at radius 3 is 2.81 bits per heavy atom. The van der Waals surface area contributed by atoms with Crippen LogP contribution in [0.1, 0.15) is 23.6 Å². The van der Waals surface area contributed by atoms with E-state index in [1.54, 1.807) is 12.1 Å². The number of phenolic OH excluding ortho intramolecular Hbond substituents is 1. The second-order valence-electron chi connectivity index (χ2n) is 6.08. The molecule has 1 atom stereocenters. The van der Waals surface area contributed by atoms with Crippen molar-refractivity contribution >= 4 is 23.3 Å². The highest BCUT2D eigenvalue weighted by Gasteiger charge is 2.29. The largest absolute Gasteiger partial charge is 0.508 e. The Bertz CT molecular complexity index is 858. The monoisotopic (exact) mass is 400 g/mol. The number of phenols is 1. The van der Waals surface area contributed by atoms with Crippen molar-refractivity contribution in [3.8, 4) is 11.5 Å². The first-order valence-electron chi connectivity index (χ1n) is 8.10. The number of hydrogen-bond acceptors (Lipinski definition) is 3. The molecule has 0 fully saturated rings. The lowest BCUT2D eigenvalue weighted by molar-refractivity contribution is -0.153. The minimum atomic E-state index is -4.51. The molecule has 27 heavy (non-hydrogen) atoms.